The van der Waals surface area contributed by atoms with E-state index >= 15 is 0 Å². The van der Waals surface area contributed by atoms with Crippen molar-refractivity contribution in [1.82, 2.24) is 19.6 Å². The summed E-state index contributed by atoms with van der Waals surface area (Å²) < 4.78 is 3.99. The maximum atomic E-state index is 11.8. The molecule has 0 aliphatic carbocycles. The molecule has 98 valence electrons. The molecule has 8 heteroatoms. The van der Waals surface area contributed by atoms with Gasteiger partial charge in [0.05, 0.1) is 16.9 Å². The normalized spacial score (nSPS) is 10.2. The van der Waals surface area contributed by atoms with Gasteiger partial charge in [0.2, 0.25) is 5.91 Å². The minimum Gasteiger partial charge on any atom is -0.310 e. The third kappa shape index (κ3) is 3.20. The minimum absolute atomic E-state index is 0.188. The Morgan fingerprint density at radius 2 is 2.32 bits per heavy atom. The number of hydrogen-bond acceptors (Lipinski definition) is 4. The Bertz CT molecular complexity index is 638. The van der Waals surface area contributed by atoms with Gasteiger partial charge in [-0.15, -0.1) is 0 Å². The zero-order valence-corrected chi connectivity index (χ0v) is 11.8. The molecule has 0 fully saturated rings. The van der Waals surface area contributed by atoms with E-state index in [1.54, 1.807) is 24.1 Å². The molecular weight excluding hydrogens is 312 g/mol. The van der Waals surface area contributed by atoms with E-state index in [0.29, 0.717) is 17.9 Å². The fourth-order valence-electron chi connectivity index (χ4n) is 1.54. The third-order valence-corrected chi connectivity index (χ3v) is 2.90. The van der Waals surface area contributed by atoms with Crippen LogP contribution in [0.2, 0.25) is 0 Å². The van der Waals surface area contributed by atoms with E-state index in [-0.39, 0.29) is 12.3 Å². The fourth-order valence-corrected chi connectivity index (χ4v) is 1.87. The topological polar surface area (TPSA) is 88.5 Å². The Balaban J connectivity index is 1.94. The highest BCUT2D eigenvalue weighted by molar-refractivity contribution is 9.10. The van der Waals surface area contributed by atoms with Gasteiger partial charge in [-0.3, -0.25) is 14.2 Å². The summed E-state index contributed by atoms with van der Waals surface area (Å²) in [4.78, 5) is 11.8. The molecule has 0 spiro atoms. The lowest BCUT2D eigenvalue weighted by atomic mass is 10.3. The van der Waals surface area contributed by atoms with Crippen LogP contribution in [0.3, 0.4) is 0 Å². The predicted molar refractivity (Wildman–Crippen MR) is 71.1 cm³/mol. The SMILES string of the molecule is Cn1ncc(C#N)c1NC(=O)CCn1cc(Br)cn1. The van der Waals surface area contributed by atoms with Crippen LogP contribution in [-0.2, 0) is 18.4 Å². The van der Waals surface area contributed by atoms with E-state index in [9.17, 15) is 4.79 Å². The quantitative estimate of drug-likeness (QED) is 0.918. The molecule has 2 aromatic heterocycles. The van der Waals surface area contributed by atoms with Crippen LogP contribution in [0.25, 0.3) is 0 Å². The molecule has 1 amide bonds. The number of anilines is 1. The van der Waals surface area contributed by atoms with Crippen molar-refractivity contribution in [3.8, 4) is 6.07 Å². The lowest BCUT2D eigenvalue weighted by molar-refractivity contribution is -0.116. The van der Waals surface area contributed by atoms with E-state index < -0.39 is 0 Å². The van der Waals surface area contributed by atoms with E-state index in [2.05, 4.69) is 31.4 Å². The number of aryl methyl sites for hydroxylation is 2. The number of nitrogens with zero attached hydrogens (tertiary/aromatic N) is 5. The van der Waals surface area contributed by atoms with E-state index in [1.807, 2.05) is 6.07 Å². The molecule has 1 N–H and O–H groups in total. The number of amides is 1. The van der Waals surface area contributed by atoms with Crippen molar-refractivity contribution in [1.29, 1.82) is 5.26 Å². The standard InChI is InChI=1S/C11H11BrN6O/c1-17-11(8(4-13)5-14-17)16-10(19)2-3-18-7-9(12)6-15-18/h5-7H,2-3H2,1H3,(H,16,19). The zero-order valence-electron chi connectivity index (χ0n) is 10.2. The first-order valence-electron chi connectivity index (χ1n) is 5.50. The number of nitriles is 1. The second kappa shape index (κ2) is 5.67. The molecule has 2 heterocycles. The van der Waals surface area contributed by atoms with Gasteiger partial charge in [-0.1, -0.05) is 0 Å². The van der Waals surface area contributed by atoms with Gasteiger partial charge in [0, 0.05) is 26.2 Å². The molecule has 0 saturated heterocycles. The van der Waals surface area contributed by atoms with Crippen molar-refractivity contribution in [3.63, 3.8) is 0 Å². The summed E-state index contributed by atoms with van der Waals surface area (Å²) in [6, 6.07) is 1.98. The summed E-state index contributed by atoms with van der Waals surface area (Å²) in [7, 11) is 1.67. The summed E-state index contributed by atoms with van der Waals surface area (Å²) in [5.41, 5.74) is 0.345. The second-order valence-corrected chi connectivity index (χ2v) is 4.78. The third-order valence-electron chi connectivity index (χ3n) is 2.49. The van der Waals surface area contributed by atoms with Gasteiger partial charge in [-0.2, -0.15) is 15.5 Å². The highest BCUT2D eigenvalue weighted by Crippen LogP contribution is 2.13. The van der Waals surface area contributed by atoms with Crippen molar-refractivity contribution in [2.75, 3.05) is 5.32 Å². The van der Waals surface area contributed by atoms with Crippen LogP contribution in [0.5, 0.6) is 0 Å². The number of carbonyl (C=O) groups is 1. The first kappa shape index (κ1) is 13.3. The zero-order chi connectivity index (χ0) is 13.8. The molecule has 0 aromatic carbocycles. The van der Waals surface area contributed by atoms with Gasteiger partial charge >= 0.3 is 0 Å². The van der Waals surface area contributed by atoms with Crippen molar-refractivity contribution in [3.05, 3.63) is 28.6 Å². The number of carbonyl (C=O) groups excluding carboxylic acids is 1. The summed E-state index contributed by atoms with van der Waals surface area (Å²) >= 11 is 3.28. The van der Waals surface area contributed by atoms with Crippen LogP contribution in [0.15, 0.2) is 23.1 Å². The van der Waals surface area contributed by atoms with E-state index in [1.165, 1.54) is 10.9 Å². The Morgan fingerprint density at radius 3 is 2.95 bits per heavy atom. The molecule has 0 bridgehead atoms. The van der Waals surface area contributed by atoms with Gasteiger partial charge in [-0.05, 0) is 15.9 Å². The molecule has 0 aliphatic heterocycles. The number of halogens is 1. The predicted octanol–water partition coefficient (Wildman–Crippen LogP) is 1.28. The molecule has 7 nitrogen and oxygen atoms in total. The maximum absolute atomic E-state index is 11.8. The van der Waals surface area contributed by atoms with Crippen LogP contribution in [0.1, 0.15) is 12.0 Å². The van der Waals surface area contributed by atoms with E-state index in [0.717, 1.165) is 4.47 Å². The largest absolute Gasteiger partial charge is 0.310 e. The Labute approximate surface area is 117 Å². The summed E-state index contributed by atoms with van der Waals surface area (Å²) in [6.45, 7) is 0.469. The van der Waals surface area contributed by atoms with Gasteiger partial charge in [-0.25, -0.2) is 0 Å². The summed E-state index contributed by atoms with van der Waals surface area (Å²) in [5, 5.41) is 19.5. The average Bonchev–Trinajstić information content (AvgIpc) is 2.95. The lowest BCUT2D eigenvalue weighted by Crippen LogP contribution is -2.17. The fraction of sp³-hybridized carbons (Fsp3) is 0.273. The number of hydrogen-bond donors (Lipinski definition) is 1. The number of nitrogens with one attached hydrogen (secondary N) is 1. The van der Waals surface area contributed by atoms with Gasteiger partial charge < -0.3 is 5.32 Å². The molecule has 0 atom stereocenters. The number of rotatable bonds is 4. The monoisotopic (exact) mass is 322 g/mol. The first-order valence-corrected chi connectivity index (χ1v) is 6.29. The van der Waals surface area contributed by atoms with Crippen molar-refractivity contribution >= 4 is 27.7 Å². The van der Waals surface area contributed by atoms with Crippen LogP contribution >= 0.6 is 15.9 Å². The molecule has 2 aromatic rings. The second-order valence-electron chi connectivity index (χ2n) is 3.86. The maximum Gasteiger partial charge on any atom is 0.227 e. The Hall–Kier alpha value is -2.14. The highest BCUT2D eigenvalue weighted by Gasteiger charge is 2.11. The minimum atomic E-state index is -0.188. The van der Waals surface area contributed by atoms with Crippen LogP contribution in [0.4, 0.5) is 5.82 Å². The average molecular weight is 323 g/mol. The van der Waals surface area contributed by atoms with Crippen molar-refractivity contribution in [2.45, 2.75) is 13.0 Å². The van der Waals surface area contributed by atoms with E-state index in [4.69, 9.17) is 5.26 Å². The first-order chi connectivity index (χ1) is 9.10. The lowest BCUT2D eigenvalue weighted by Gasteiger charge is -2.06. The molecule has 0 aliphatic rings. The molecule has 2 rings (SSSR count). The van der Waals surface area contributed by atoms with Crippen molar-refractivity contribution in [2.24, 2.45) is 7.05 Å². The molecule has 19 heavy (non-hydrogen) atoms. The summed E-state index contributed by atoms with van der Waals surface area (Å²) in [5.74, 6) is 0.223. The van der Waals surface area contributed by atoms with Crippen LogP contribution in [-0.4, -0.2) is 25.5 Å². The Kier molecular flexibility index (Phi) is 3.97. The molecule has 0 radical (unpaired) electrons. The van der Waals surface area contributed by atoms with Gasteiger partial charge in [0.25, 0.3) is 0 Å². The molecular formula is C11H11BrN6O. The highest BCUT2D eigenvalue weighted by atomic mass is 79.9. The van der Waals surface area contributed by atoms with Crippen LogP contribution < -0.4 is 5.32 Å². The number of aromatic nitrogens is 4. The molecule has 0 saturated carbocycles. The van der Waals surface area contributed by atoms with Crippen molar-refractivity contribution < 1.29 is 4.79 Å². The smallest absolute Gasteiger partial charge is 0.227 e. The summed E-state index contributed by atoms with van der Waals surface area (Å²) in [6.07, 6.45) is 5.13. The van der Waals surface area contributed by atoms with Gasteiger partial charge in [0.1, 0.15) is 17.5 Å². The Morgan fingerprint density at radius 1 is 1.53 bits per heavy atom. The molecule has 0 unspecified atom stereocenters. The van der Waals surface area contributed by atoms with Gasteiger partial charge in [0.15, 0.2) is 0 Å². The van der Waals surface area contributed by atoms with Crippen LogP contribution in [0, 0.1) is 11.3 Å².